The number of imide groups is 1. The number of nitrogens with one attached hydrogen (secondary N) is 1. The molecule has 0 aliphatic carbocycles. The molecule has 0 aromatic carbocycles. The molecule has 6 nitrogen and oxygen atoms in total. The molecule has 124 valence electrons. The molecule has 0 aromatic heterocycles. The van der Waals surface area contributed by atoms with Gasteiger partial charge in [-0.3, -0.25) is 14.9 Å². The van der Waals surface area contributed by atoms with Crippen molar-refractivity contribution in [3.63, 3.8) is 0 Å². The van der Waals surface area contributed by atoms with Gasteiger partial charge in [0.1, 0.15) is 6.54 Å². The summed E-state index contributed by atoms with van der Waals surface area (Å²) in [6.07, 6.45) is 6.54. The third kappa shape index (κ3) is 3.42. The highest BCUT2D eigenvalue weighted by atomic mass is 16.2. The Morgan fingerprint density at radius 2 is 1.86 bits per heavy atom. The summed E-state index contributed by atoms with van der Waals surface area (Å²) in [4.78, 5) is 39.1. The number of likely N-dealkylation sites (tertiary alicyclic amines) is 1. The Morgan fingerprint density at radius 1 is 1.18 bits per heavy atom. The van der Waals surface area contributed by atoms with Crippen molar-refractivity contribution in [2.24, 2.45) is 0 Å². The Labute approximate surface area is 132 Å². The third-order valence-electron chi connectivity index (χ3n) is 4.80. The average Bonchev–Trinajstić information content (AvgIpc) is 2.86. The molecule has 0 bridgehead atoms. The zero-order valence-corrected chi connectivity index (χ0v) is 13.7. The minimum Gasteiger partial charge on any atom is -0.335 e. The molecule has 4 amide bonds. The molecule has 0 unspecified atom stereocenters. The molecule has 2 saturated heterocycles. The van der Waals surface area contributed by atoms with Crippen LogP contribution in [-0.4, -0.2) is 52.8 Å². The lowest BCUT2D eigenvalue weighted by atomic mass is 9.86. The standard InChI is InChI=1S/C16H27N3O3/c1-3-7-16(8-4-2)9-5-10-19(16)14(21)12-18-11-6-13(20)17-15(18)22/h3-12H2,1-2H3,(H,17,20,22). The monoisotopic (exact) mass is 309 g/mol. The van der Waals surface area contributed by atoms with Gasteiger partial charge in [0, 0.05) is 25.0 Å². The highest BCUT2D eigenvalue weighted by molar-refractivity contribution is 5.98. The van der Waals surface area contributed by atoms with Gasteiger partial charge in [-0.05, 0) is 25.7 Å². The van der Waals surface area contributed by atoms with Crippen LogP contribution in [0.1, 0.15) is 58.8 Å². The van der Waals surface area contributed by atoms with Crippen LogP contribution >= 0.6 is 0 Å². The number of hydrogen-bond acceptors (Lipinski definition) is 3. The van der Waals surface area contributed by atoms with E-state index in [1.165, 1.54) is 4.90 Å². The summed E-state index contributed by atoms with van der Waals surface area (Å²) in [5, 5.41) is 2.27. The van der Waals surface area contributed by atoms with Gasteiger partial charge in [0.2, 0.25) is 11.8 Å². The maximum Gasteiger partial charge on any atom is 0.324 e. The van der Waals surface area contributed by atoms with Gasteiger partial charge in [-0.1, -0.05) is 26.7 Å². The topological polar surface area (TPSA) is 69.7 Å². The lowest BCUT2D eigenvalue weighted by Gasteiger charge is -2.40. The summed E-state index contributed by atoms with van der Waals surface area (Å²) in [6, 6.07) is -0.444. The van der Waals surface area contributed by atoms with Gasteiger partial charge >= 0.3 is 6.03 Å². The Morgan fingerprint density at radius 3 is 2.45 bits per heavy atom. The highest BCUT2D eigenvalue weighted by Gasteiger charge is 2.42. The lowest BCUT2D eigenvalue weighted by Crippen LogP contribution is -2.55. The first kappa shape index (κ1) is 16.8. The van der Waals surface area contributed by atoms with E-state index in [0.29, 0.717) is 6.54 Å². The fourth-order valence-corrected chi connectivity index (χ4v) is 3.90. The highest BCUT2D eigenvalue weighted by Crippen LogP contribution is 2.37. The number of rotatable bonds is 6. The van der Waals surface area contributed by atoms with Crippen LogP contribution in [0.3, 0.4) is 0 Å². The van der Waals surface area contributed by atoms with Crippen LogP contribution in [0.5, 0.6) is 0 Å². The first-order valence-electron chi connectivity index (χ1n) is 8.41. The van der Waals surface area contributed by atoms with E-state index in [2.05, 4.69) is 19.2 Å². The first-order valence-corrected chi connectivity index (χ1v) is 8.41. The van der Waals surface area contributed by atoms with Gasteiger partial charge in [0.15, 0.2) is 0 Å². The number of nitrogens with zero attached hydrogens (tertiary/aromatic N) is 2. The summed E-state index contributed by atoms with van der Waals surface area (Å²) < 4.78 is 0. The second-order valence-electron chi connectivity index (χ2n) is 6.40. The van der Waals surface area contributed by atoms with Crippen molar-refractivity contribution < 1.29 is 14.4 Å². The number of urea groups is 1. The van der Waals surface area contributed by atoms with E-state index < -0.39 is 6.03 Å². The van der Waals surface area contributed by atoms with E-state index in [1.54, 1.807) is 0 Å². The Kier molecular flexibility index (Phi) is 5.42. The predicted molar refractivity (Wildman–Crippen MR) is 83.2 cm³/mol. The molecule has 0 aromatic rings. The zero-order valence-electron chi connectivity index (χ0n) is 13.7. The van der Waals surface area contributed by atoms with Crippen molar-refractivity contribution in [2.75, 3.05) is 19.6 Å². The fourth-order valence-electron chi connectivity index (χ4n) is 3.90. The van der Waals surface area contributed by atoms with Crippen LogP contribution in [-0.2, 0) is 9.59 Å². The lowest BCUT2D eigenvalue weighted by molar-refractivity contribution is -0.137. The first-order chi connectivity index (χ1) is 10.5. The van der Waals surface area contributed by atoms with E-state index in [0.717, 1.165) is 45.1 Å². The van der Waals surface area contributed by atoms with Gasteiger partial charge in [-0.2, -0.15) is 0 Å². The summed E-state index contributed by atoms with van der Waals surface area (Å²) >= 11 is 0. The van der Waals surface area contributed by atoms with Crippen LogP contribution in [0.15, 0.2) is 0 Å². The van der Waals surface area contributed by atoms with E-state index in [9.17, 15) is 14.4 Å². The SMILES string of the molecule is CCCC1(CCC)CCCN1C(=O)CN1CCC(=O)NC1=O. The van der Waals surface area contributed by atoms with Crippen LogP contribution in [0.2, 0.25) is 0 Å². The smallest absolute Gasteiger partial charge is 0.324 e. The molecule has 2 fully saturated rings. The van der Waals surface area contributed by atoms with Crippen LogP contribution < -0.4 is 5.32 Å². The normalized spacial score (nSPS) is 21.2. The maximum absolute atomic E-state index is 12.7. The Bertz CT molecular complexity index is 444. The van der Waals surface area contributed by atoms with Gasteiger partial charge in [0.25, 0.3) is 0 Å². The average molecular weight is 309 g/mol. The predicted octanol–water partition coefficient (Wildman–Crippen LogP) is 1.89. The Hall–Kier alpha value is -1.59. The number of carbonyl (C=O) groups is 3. The van der Waals surface area contributed by atoms with Crippen molar-refractivity contribution in [3.8, 4) is 0 Å². The van der Waals surface area contributed by atoms with Crippen LogP contribution in [0.4, 0.5) is 4.79 Å². The van der Waals surface area contributed by atoms with Gasteiger partial charge < -0.3 is 9.80 Å². The molecule has 1 N–H and O–H groups in total. The van der Waals surface area contributed by atoms with Gasteiger partial charge in [-0.15, -0.1) is 0 Å². The van der Waals surface area contributed by atoms with Crippen molar-refractivity contribution in [1.29, 1.82) is 0 Å². The zero-order chi connectivity index (χ0) is 16.2. The second kappa shape index (κ2) is 7.11. The minimum absolute atomic E-state index is 0.0175. The van der Waals surface area contributed by atoms with Crippen molar-refractivity contribution in [1.82, 2.24) is 15.1 Å². The summed E-state index contributed by atoms with van der Waals surface area (Å²) in [5.74, 6) is -0.245. The molecule has 2 heterocycles. The van der Waals surface area contributed by atoms with E-state index in [4.69, 9.17) is 0 Å². The molecule has 6 heteroatoms. The third-order valence-corrected chi connectivity index (χ3v) is 4.80. The molecule has 2 aliphatic heterocycles. The van der Waals surface area contributed by atoms with Crippen molar-refractivity contribution in [3.05, 3.63) is 0 Å². The fraction of sp³-hybridized carbons (Fsp3) is 0.812. The number of hydrogen-bond donors (Lipinski definition) is 1. The van der Waals surface area contributed by atoms with E-state index in [1.807, 2.05) is 4.90 Å². The summed E-state index contributed by atoms with van der Waals surface area (Å²) in [5.41, 5.74) is -0.0251. The van der Waals surface area contributed by atoms with Crippen molar-refractivity contribution >= 4 is 17.8 Å². The van der Waals surface area contributed by atoms with Crippen molar-refractivity contribution in [2.45, 2.75) is 64.3 Å². The van der Waals surface area contributed by atoms with Gasteiger partial charge in [-0.25, -0.2) is 4.79 Å². The second-order valence-corrected chi connectivity index (χ2v) is 6.40. The molecular weight excluding hydrogens is 282 g/mol. The van der Waals surface area contributed by atoms with Crippen LogP contribution in [0.25, 0.3) is 0 Å². The van der Waals surface area contributed by atoms with E-state index in [-0.39, 0.29) is 30.3 Å². The number of amides is 4. The van der Waals surface area contributed by atoms with Gasteiger partial charge in [0.05, 0.1) is 0 Å². The van der Waals surface area contributed by atoms with E-state index >= 15 is 0 Å². The largest absolute Gasteiger partial charge is 0.335 e. The summed E-state index contributed by atoms with van der Waals surface area (Å²) in [7, 11) is 0. The maximum atomic E-state index is 12.7. The molecular formula is C16H27N3O3. The Balaban J connectivity index is 2.04. The molecule has 2 aliphatic rings. The molecule has 0 saturated carbocycles. The van der Waals surface area contributed by atoms with Crippen LogP contribution in [0, 0.1) is 0 Å². The quantitative estimate of drug-likeness (QED) is 0.814. The minimum atomic E-state index is -0.444. The number of carbonyl (C=O) groups excluding carboxylic acids is 3. The summed E-state index contributed by atoms with van der Waals surface area (Å²) in [6.45, 7) is 5.50. The molecule has 0 atom stereocenters. The molecule has 0 radical (unpaired) electrons. The molecule has 22 heavy (non-hydrogen) atoms. The molecule has 0 spiro atoms. The molecule has 2 rings (SSSR count).